The number of carbonyl (C=O) groups is 2. The van der Waals surface area contributed by atoms with E-state index < -0.39 is 0 Å². The Balaban J connectivity index is 2.22. The van der Waals surface area contributed by atoms with Crippen molar-refractivity contribution in [2.75, 3.05) is 19.3 Å². The van der Waals surface area contributed by atoms with Gasteiger partial charge >= 0.3 is 0 Å². The number of aromatic nitrogens is 1. The highest BCUT2D eigenvalue weighted by Crippen LogP contribution is 2.36. The van der Waals surface area contributed by atoms with Gasteiger partial charge in [0.2, 0.25) is 11.8 Å². The molecular formula is C13H17N3O2S. The van der Waals surface area contributed by atoms with E-state index in [-0.39, 0.29) is 30.2 Å². The third kappa shape index (κ3) is 2.89. The Labute approximate surface area is 117 Å². The number of carbonyl (C=O) groups excluding carboxylic acids is 2. The highest BCUT2D eigenvalue weighted by atomic mass is 32.1. The van der Waals surface area contributed by atoms with E-state index in [9.17, 15) is 9.59 Å². The van der Waals surface area contributed by atoms with Gasteiger partial charge in [0, 0.05) is 38.2 Å². The Morgan fingerprint density at radius 2 is 2.42 bits per heavy atom. The second-order valence-corrected chi connectivity index (χ2v) is 5.01. The molecule has 2 rings (SSSR count). The summed E-state index contributed by atoms with van der Waals surface area (Å²) in [4.78, 5) is 29.7. The summed E-state index contributed by atoms with van der Waals surface area (Å²) < 4.78 is 0. The van der Waals surface area contributed by atoms with Crippen LogP contribution in [-0.4, -0.2) is 41.0 Å². The number of nitrogens with one attached hydrogen (secondary N) is 1. The third-order valence-electron chi connectivity index (χ3n) is 3.36. The van der Waals surface area contributed by atoms with Gasteiger partial charge in [0.15, 0.2) is 0 Å². The van der Waals surface area contributed by atoms with Gasteiger partial charge in [0.1, 0.15) is 0 Å². The summed E-state index contributed by atoms with van der Waals surface area (Å²) in [5, 5.41) is 2.80. The minimum Gasteiger partial charge on any atom is -0.355 e. The zero-order chi connectivity index (χ0) is 13.8. The second-order valence-electron chi connectivity index (χ2n) is 4.56. The van der Waals surface area contributed by atoms with E-state index in [1.54, 1.807) is 24.3 Å². The summed E-state index contributed by atoms with van der Waals surface area (Å²) in [6.07, 6.45) is 3.63. The molecule has 0 aliphatic carbocycles. The molecule has 6 heteroatoms. The van der Waals surface area contributed by atoms with Crippen LogP contribution in [0.5, 0.6) is 0 Å². The van der Waals surface area contributed by atoms with Crippen molar-refractivity contribution in [2.24, 2.45) is 5.92 Å². The van der Waals surface area contributed by atoms with Crippen molar-refractivity contribution < 1.29 is 9.59 Å². The SMILES string of the molecule is CN1C(=O)CC(C(=O)NCCS)C1c1cccnc1. The average Bonchev–Trinajstić information content (AvgIpc) is 2.73. The average molecular weight is 279 g/mol. The summed E-state index contributed by atoms with van der Waals surface area (Å²) >= 11 is 4.06. The van der Waals surface area contributed by atoms with E-state index >= 15 is 0 Å². The van der Waals surface area contributed by atoms with E-state index in [4.69, 9.17) is 0 Å². The molecule has 0 saturated carbocycles. The molecule has 2 unspecified atom stereocenters. The van der Waals surface area contributed by atoms with Crippen LogP contribution in [0.4, 0.5) is 0 Å². The van der Waals surface area contributed by atoms with Crippen LogP contribution in [0.2, 0.25) is 0 Å². The van der Waals surface area contributed by atoms with E-state index in [1.165, 1.54) is 0 Å². The lowest BCUT2D eigenvalue weighted by Crippen LogP contribution is -2.35. The van der Waals surface area contributed by atoms with Crippen molar-refractivity contribution in [1.29, 1.82) is 0 Å². The molecule has 5 nitrogen and oxygen atoms in total. The van der Waals surface area contributed by atoms with Gasteiger partial charge in [-0.2, -0.15) is 12.6 Å². The van der Waals surface area contributed by atoms with Crippen molar-refractivity contribution in [3.63, 3.8) is 0 Å². The molecule has 1 aliphatic heterocycles. The van der Waals surface area contributed by atoms with Crippen molar-refractivity contribution in [1.82, 2.24) is 15.2 Å². The minimum atomic E-state index is -0.360. The van der Waals surface area contributed by atoms with Crippen LogP contribution in [0.3, 0.4) is 0 Å². The summed E-state index contributed by atoms with van der Waals surface area (Å²) in [6.45, 7) is 0.510. The number of likely N-dealkylation sites (tertiary alicyclic amines) is 1. The summed E-state index contributed by atoms with van der Waals surface area (Å²) in [6, 6.07) is 3.47. The first kappa shape index (κ1) is 13.9. The monoisotopic (exact) mass is 279 g/mol. The van der Waals surface area contributed by atoms with Crippen molar-refractivity contribution in [3.05, 3.63) is 30.1 Å². The van der Waals surface area contributed by atoms with E-state index in [1.807, 2.05) is 12.1 Å². The summed E-state index contributed by atoms with van der Waals surface area (Å²) in [5.41, 5.74) is 0.891. The molecule has 1 saturated heterocycles. The molecule has 1 fully saturated rings. The number of rotatable bonds is 4. The normalized spacial score (nSPS) is 22.6. The first-order chi connectivity index (χ1) is 9.15. The van der Waals surface area contributed by atoms with Gasteiger partial charge in [-0.3, -0.25) is 14.6 Å². The lowest BCUT2D eigenvalue weighted by molar-refractivity contribution is -0.128. The maximum Gasteiger partial charge on any atom is 0.226 e. The molecule has 102 valence electrons. The van der Waals surface area contributed by atoms with Crippen molar-refractivity contribution >= 4 is 24.4 Å². The van der Waals surface area contributed by atoms with Crippen LogP contribution < -0.4 is 5.32 Å². The van der Waals surface area contributed by atoms with Crippen LogP contribution in [0.15, 0.2) is 24.5 Å². The van der Waals surface area contributed by atoms with Crippen LogP contribution in [-0.2, 0) is 9.59 Å². The quantitative estimate of drug-likeness (QED) is 0.795. The number of amides is 2. The first-order valence-corrected chi connectivity index (χ1v) is 6.82. The van der Waals surface area contributed by atoms with Gasteiger partial charge in [-0.1, -0.05) is 6.07 Å². The molecule has 0 bridgehead atoms. The standard InChI is InChI=1S/C13H17N3O2S/c1-16-11(17)7-10(13(18)15-5-6-19)12(16)9-3-2-4-14-8-9/h2-4,8,10,12,19H,5-7H2,1H3,(H,15,18). The smallest absolute Gasteiger partial charge is 0.226 e. The van der Waals surface area contributed by atoms with Crippen LogP contribution in [0.1, 0.15) is 18.0 Å². The topological polar surface area (TPSA) is 62.3 Å². The first-order valence-electron chi connectivity index (χ1n) is 6.19. The molecule has 1 N–H and O–H groups in total. The van der Waals surface area contributed by atoms with Crippen molar-refractivity contribution in [2.45, 2.75) is 12.5 Å². The van der Waals surface area contributed by atoms with Crippen LogP contribution in [0, 0.1) is 5.92 Å². The fourth-order valence-electron chi connectivity index (χ4n) is 2.42. The maximum atomic E-state index is 12.1. The molecule has 0 spiro atoms. The Hall–Kier alpha value is -1.56. The largest absolute Gasteiger partial charge is 0.355 e. The van der Waals surface area contributed by atoms with Gasteiger partial charge in [0.05, 0.1) is 12.0 Å². The number of thiol groups is 1. The highest BCUT2D eigenvalue weighted by molar-refractivity contribution is 7.80. The summed E-state index contributed by atoms with van der Waals surface area (Å²) in [7, 11) is 1.73. The lowest BCUT2D eigenvalue weighted by atomic mass is 9.94. The molecule has 1 aromatic heterocycles. The Morgan fingerprint density at radius 1 is 1.63 bits per heavy atom. The molecule has 19 heavy (non-hydrogen) atoms. The molecule has 0 aromatic carbocycles. The van der Waals surface area contributed by atoms with Crippen molar-refractivity contribution in [3.8, 4) is 0 Å². The van der Waals surface area contributed by atoms with E-state index in [2.05, 4.69) is 22.9 Å². The van der Waals surface area contributed by atoms with Crippen LogP contribution in [0.25, 0.3) is 0 Å². The molecule has 1 aliphatic rings. The zero-order valence-corrected chi connectivity index (χ0v) is 11.6. The number of hydrogen-bond donors (Lipinski definition) is 2. The second kappa shape index (κ2) is 6.06. The molecule has 2 atom stereocenters. The molecule has 2 heterocycles. The minimum absolute atomic E-state index is 0.0140. The number of nitrogens with zero attached hydrogens (tertiary/aromatic N) is 2. The van der Waals surface area contributed by atoms with Gasteiger partial charge in [-0.05, 0) is 11.6 Å². The Bertz CT molecular complexity index is 466. The predicted octanol–water partition coefficient (Wildman–Crippen LogP) is 0.647. The fourth-order valence-corrected chi connectivity index (χ4v) is 2.53. The number of hydrogen-bond acceptors (Lipinski definition) is 4. The fraction of sp³-hybridized carbons (Fsp3) is 0.462. The van der Waals surface area contributed by atoms with E-state index in [0.717, 1.165) is 5.56 Å². The zero-order valence-electron chi connectivity index (χ0n) is 10.7. The van der Waals surface area contributed by atoms with E-state index in [0.29, 0.717) is 12.3 Å². The lowest BCUT2D eigenvalue weighted by Gasteiger charge is -2.24. The van der Waals surface area contributed by atoms with Gasteiger partial charge < -0.3 is 10.2 Å². The molecular weight excluding hydrogens is 262 g/mol. The van der Waals surface area contributed by atoms with Gasteiger partial charge in [0.25, 0.3) is 0 Å². The predicted molar refractivity (Wildman–Crippen MR) is 74.7 cm³/mol. The third-order valence-corrected chi connectivity index (χ3v) is 3.58. The van der Waals surface area contributed by atoms with Gasteiger partial charge in [-0.15, -0.1) is 0 Å². The molecule has 2 amide bonds. The molecule has 1 aromatic rings. The summed E-state index contributed by atoms with van der Waals surface area (Å²) in [5.74, 6) is 0.113. The van der Waals surface area contributed by atoms with Gasteiger partial charge in [-0.25, -0.2) is 0 Å². The van der Waals surface area contributed by atoms with Crippen LogP contribution >= 0.6 is 12.6 Å². The maximum absolute atomic E-state index is 12.1. The number of pyridine rings is 1. The molecule has 0 radical (unpaired) electrons. The Morgan fingerprint density at radius 3 is 3.05 bits per heavy atom. The Kier molecular flexibility index (Phi) is 4.42. The highest BCUT2D eigenvalue weighted by Gasteiger charge is 2.42.